The number of carbonyl (C=O) groups is 2. The van der Waals surface area contributed by atoms with Crippen LogP contribution in [0, 0.1) is 5.92 Å². The third-order valence-electron chi connectivity index (χ3n) is 6.44. The average molecular weight is 385 g/mol. The number of likely N-dealkylation sites (tertiary alicyclic amines) is 2. The van der Waals surface area contributed by atoms with Gasteiger partial charge in [-0.05, 0) is 63.6 Å². The minimum Gasteiger partial charge on any atom is -0.353 e. The van der Waals surface area contributed by atoms with Crippen LogP contribution in [-0.4, -0.2) is 64.9 Å². The van der Waals surface area contributed by atoms with Crippen LogP contribution in [-0.2, 0) is 11.2 Å². The Balaban J connectivity index is 1.29. The van der Waals surface area contributed by atoms with E-state index in [-0.39, 0.29) is 17.7 Å². The quantitative estimate of drug-likeness (QED) is 0.846. The summed E-state index contributed by atoms with van der Waals surface area (Å²) in [5.41, 5.74) is 1.71. The third-order valence-corrected chi connectivity index (χ3v) is 6.44. The van der Waals surface area contributed by atoms with Gasteiger partial charge in [0.25, 0.3) is 5.91 Å². The molecule has 0 unspecified atom stereocenters. The van der Waals surface area contributed by atoms with Crippen LogP contribution < -0.4 is 5.32 Å². The number of aromatic nitrogens is 1. The molecule has 1 N–H and O–H groups in total. The van der Waals surface area contributed by atoms with E-state index < -0.39 is 0 Å². The van der Waals surface area contributed by atoms with Crippen molar-refractivity contribution in [3.05, 3.63) is 29.6 Å². The van der Waals surface area contributed by atoms with Gasteiger partial charge in [-0.1, -0.05) is 6.92 Å². The minimum atomic E-state index is 0.121. The van der Waals surface area contributed by atoms with Crippen LogP contribution in [0.5, 0.6) is 0 Å². The Labute approximate surface area is 167 Å². The van der Waals surface area contributed by atoms with Crippen molar-refractivity contribution in [2.24, 2.45) is 5.92 Å². The normalized spacial score (nSPS) is 24.2. The van der Waals surface area contributed by atoms with Crippen LogP contribution >= 0.6 is 0 Å². The van der Waals surface area contributed by atoms with Gasteiger partial charge in [0.2, 0.25) is 5.91 Å². The summed E-state index contributed by atoms with van der Waals surface area (Å²) in [6, 6.07) is 4.67. The van der Waals surface area contributed by atoms with Gasteiger partial charge in [-0.2, -0.15) is 0 Å². The number of aryl methyl sites for hydroxylation is 1. The molecule has 1 aliphatic carbocycles. The highest BCUT2D eigenvalue weighted by atomic mass is 16.2. The molecule has 1 aromatic heterocycles. The van der Waals surface area contributed by atoms with Crippen molar-refractivity contribution in [2.45, 2.75) is 64.0 Å². The zero-order chi connectivity index (χ0) is 19.5. The molecule has 1 aromatic rings. The molecule has 3 fully saturated rings. The van der Waals surface area contributed by atoms with E-state index in [0.29, 0.717) is 12.1 Å². The Morgan fingerprint density at radius 3 is 2.64 bits per heavy atom. The third kappa shape index (κ3) is 4.54. The molecule has 0 radical (unpaired) electrons. The van der Waals surface area contributed by atoms with Crippen LogP contribution in [0.4, 0.5) is 0 Å². The van der Waals surface area contributed by atoms with Crippen molar-refractivity contribution in [1.82, 2.24) is 20.1 Å². The summed E-state index contributed by atoms with van der Waals surface area (Å²) in [5, 5.41) is 3.17. The average Bonchev–Trinajstić information content (AvgIpc) is 3.57. The summed E-state index contributed by atoms with van der Waals surface area (Å²) < 4.78 is 0. The first kappa shape index (κ1) is 19.4. The van der Waals surface area contributed by atoms with Gasteiger partial charge < -0.3 is 10.2 Å². The monoisotopic (exact) mass is 384 g/mol. The highest BCUT2D eigenvalue weighted by molar-refractivity contribution is 5.94. The molecule has 6 heteroatoms. The molecular formula is C22H32N4O2. The molecule has 0 bridgehead atoms. The molecule has 2 saturated heterocycles. The van der Waals surface area contributed by atoms with E-state index in [1.807, 2.05) is 17.0 Å². The van der Waals surface area contributed by atoms with Crippen LogP contribution in [0.25, 0.3) is 0 Å². The highest BCUT2D eigenvalue weighted by Gasteiger charge is 2.34. The molecule has 152 valence electrons. The van der Waals surface area contributed by atoms with E-state index in [0.717, 1.165) is 82.4 Å². The van der Waals surface area contributed by atoms with Gasteiger partial charge in [0.1, 0.15) is 0 Å². The van der Waals surface area contributed by atoms with Gasteiger partial charge in [-0.15, -0.1) is 0 Å². The summed E-state index contributed by atoms with van der Waals surface area (Å²) in [6.07, 6.45) is 8.96. The number of nitrogens with one attached hydrogen (secondary N) is 1. The molecule has 1 saturated carbocycles. The second-order valence-electron chi connectivity index (χ2n) is 8.53. The number of hydrogen-bond donors (Lipinski definition) is 1. The van der Waals surface area contributed by atoms with Gasteiger partial charge in [-0.3, -0.25) is 19.5 Å². The second-order valence-corrected chi connectivity index (χ2v) is 8.53. The largest absolute Gasteiger partial charge is 0.353 e. The number of amides is 2. The molecule has 3 heterocycles. The van der Waals surface area contributed by atoms with Gasteiger partial charge >= 0.3 is 0 Å². The lowest BCUT2D eigenvalue weighted by atomic mass is 9.93. The molecule has 28 heavy (non-hydrogen) atoms. The van der Waals surface area contributed by atoms with E-state index in [9.17, 15) is 9.59 Å². The number of carbonyl (C=O) groups excluding carboxylic acids is 2. The van der Waals surface area contributed by atoms with Crippen molar-refractivity contribution in [3.8, 4) is 0 Å². The maximum Gasteiger partial charge on any atom is 0.253 e. The van der Waals surface area contributed by atoms with E-state index in [4.69, 9.17) is 0 Å². The van der Waals surface area contributed by atoms with Crippen LogP contribution in [0.3, 0.4) is 0 Å². The molecule has 2 aliphatic heterocycles. The Morgan fingerprint density at radius 2 is 1.93 bits per heavy atom. The number of nitrogens with zero attached hydrogens (tertiary/aromatic N) is 3. The topological polar surface area (TPSA) is 65.5 Å². The Kier molecular flexibility index (Phi) is 5.95. The van der Waals surface area contributed by atoms with Crippen LogP contribution in [0.2, 0.25) is 0 Å². The Bertz CT molecular complexity index is 710. The summed E-state index contributed by atoms with van der Waals surface area (Å²) in [5.74, 6) is 0.512. The molecule has 3 aliphatic rings. The summed E-state index contributed by atoms with van der Waals surface area (Å²) >= 11 is 0. The minimum absolute atomic E-state index is 0.121. The summed E-state index contributed by atoms with van der Waals surface area (Å²) in [6.45, 7) is 5.60. The predicted octanol–water partition coefficient (Wildman–Crippen LogP) is 2.24. The lowest BCUT2D eigenvalue weighted by Gasteiger charge is -2.42. The van der Waals surface area contributed by atoms with E-state index >= 15 is 0 Å². The number of pyridine rings is 1. The highest BCUT2D eigenvalue weighted by Crippen LogP contribution is 2.26. The predicted molar refractivity (Wildman–Crippen MR) is 108 cm³/mol. The fourth-order valence-electron chi connectivity index (χ4n) is 4.52. The molecule has 6 nitrogen and oxygen atoms in total. The first-order valence-corrected chi connectivity index (χ1v) is 10.9. The lowest BCUT2D eigenvalue weighted by molar-refractivity contribution is -0.127. The van der Waals surface area contributed by atoms with Crippen molar-refractivity contribution in [3.63, 3.8) is 0 Å². The molecule has 0 aromatic carbocycles. The van der Waals surface area contributed by atoms with Gasteiger partial charge in [-0.25, -0.2) is 0 Å². The maximum atomic E-state index is 12.8. The van der Waals surface area contributed by atoms with Crippen molar-refractivity contribution in [1.29, 1.82) is 0 Å². The van der Waals surface area contributed by atoms with E-state index in [1.165, 1.54) is 0 Å². The number of rotatable bonds is 5. The van der Waals surface area contributed by atoms with E-state index in [2.05, 4.69) is 22.1 Å². The second kappa shape index (κ2) is 8.60. The summed E-state index contributed by atoms with van der Waals surface area (Å²) in [7, 11) is 0. The molecule has 0 spiro atoms. The molecule has 2 amide bonds. The number of hydrogen-bond acceptors (Lipinski definition) is 4. The Hall–Kier alpha value is -1.95. The molecule has 4 rings (SSSR count). The zero-order valence-corrected chi connectivity index (χ0v) is 16.9. The van der Waals surface area contributed by atoms with Crippen LogP contribution in [0.1, 0.15) is 61.5 Å². The van der Waals surface area contributed by atoms with Crippen LogP contribution in [0.15, 0.2) is 18.3 Å². The summed E-state index contributed by atoms with van der Waals surface area (Å²) in [4.78, 5) is 34.0. The zero-order valence-electron chi connectivity index (χ0n) is 16.9. The van der Waals surface area contributed by atoms with Crippen molar-refractivity contribution < 1.29 is 9.59 Å². The van der Waals surface area contributed by atoms with Gasteiger partial charge in [0, 0.05) is 49.2 Å². The van der Waals surface area contributed by atoms with Crippen molar-refractivity contribution >= 4 is 11.8 Å². The molecular weight excluding hydrogens is 352 g/mol. The van der Waals surface area contributed by atoms with E-state index in [1.54, 1.807) is 6.20 Å². The van der Waals surface area contributed by atoms with Gasteiger partial charge in [0.05, 0.1) is 5.92 Å². The first-order valence-electron chi connectivity index (χ1n) is 10.9. The maximum absolute atomic E-state index is 12.8. The molecule has 1 atom stereocenters. The number of piperidine rings is 2. The lowest BCUT2D eigenvalue weighted by Crippen LogP contribution is -2.51. The fraction of sp³-hybridized carbons (Fsp3) is 0.682. The standard InChI is InChI=1S/C22H32N4O2/c1-2-18-14-16(7-10-23-18)22(28)25-12-8-20(9-13-25)26-11-3-4-17(15-26)21(27)24-19-5-6-19/h7,10,14,17,19-20H,2-6,8-9,11-13,15H2,1H3,(H,24,27)/t17-/m0/s1. The van der Waals surface area contributed by atoms with Crippen molar-refractivity contribution in [2.75, 3.05) is 26.2 Å². The first-order chi connectivity index (χ1) is 13.6. The fourth-order valence-corrected chi connectivity index (χ4v) is 4.52. The van der Waals surface area contributed by atoms with Gasteiger partial charge in [0.15, 0.2) is 0 Å². The Morgan fingerprint density at radius 1 is 1.14 bits per heavy atom. The SMILES string of the molecule is CCc1cc(C(=O)N2CCC(N3CCC[C@H](C(=O)NC4CC4)C3)CC2)ccn1. The smallest absolute Gasteiger partial charge is 0.253 e.